The van der Waals surface area contributed by atoms with Gasteiger partial charge in [-0.2, -0.15) is 0 Å². The van der Waals surface area contributed by atoms with E-state index in [1.165, 1.54) is 38.9 Å². The second-order valence-corrected chi connectivity index (χ2v) is 6.27. The summed E-state index contributed by atoms with van der Waals surface area (Å²) < 4.78 is 0. The van der Waals surface area contributed by atoms with Gasteiger partial charge in [0.05, 0.1) is 0 Å². The van der Waals surface area contributed by atoms with Crippen molar-refractivity contribution in [1.29, 1.82) is 0 Å². The Hall–Kier alpha value is -2.06. The Bertz CT molecular complexity index is 781. The maximum atomic E-state index is 5.68. The van der Waals surface area contributed by atoms with Crippen LogP contribution in [-0.2, 0) is 12.8 Å². The summed E-state index contributed by atoms with van der Waals surface area (Å²) in [5.74, 6) is 0. The highest BCUT2D eigenvalue weighted by Crippen LogP contribution is 2.33. The van der Waals surface area contributed by atoms with Gasteiger partial charge in [0, 0.05) is 16.6 Å². The van der Waals surface area contributed by atoms with Crippen molar-refractivity contribution in [2.24, 2.45) is 5.73 Å². The van der Waals surface area contributed by atoms with Crippen LogP contribution >= 0.6 is 0 Å². The van der Waals surface area contributed by atoms with Crippen LogP contribution in [-0.4, -0.2) is 11.5 Å². The fraction of sp³-hybridized carbons (Fsp3) is 0.333. The lowest BCUT2D eigenvalue weighted by molar-refractivity contribution is 0.748. The standard InChI is InChI=1S/C21H26N2/c1-3-16-10-12-17(13-11-16)21-19(8-4-5-14-22)18-9-6-7-15(2)20(18)23-21/h6-7,9-13,23H,3-5,8,14,22H2,1-2H3. The van der Waals surface area contributed by atoms with Gasteiger partial charge >= 0.3 is 0 Å². The molecular formula is C21H26N2. The average Bonchev–Trinajstić information content (AvgIpc) is 2.95. The molecule has 1 heterocycles. The number of fused-ring (bicyclic) bond motifs is 1. The van der Waals surface area contributed by atoms with Crippen molar-refractivity contribution < 1.29 is 0 Å². The number of H-pyrrole nitrogens is 1. The van der Waals surface area contributed by atoms with Crippen LogP contribution < -0.4 is 5.73 Å². The molecule has 0 amide bonds. The molecule has 0 bridgehead atoms. The number of unbranched alkanes of at least 4 members (excludes halogenated alkanes) is 1. The normalized spacial score (nSPS) is 11.3. The van der Waals surface area contributed by atoms with Gasteiger partial charge in [-0.05, 0) is 61.4 Å². The molecule has 0 atom stereocenters. The molecule has 23 heavy (non-hydrogen) atoms. The van der Waals surface area contributed by atoms with Crippen LogP contribution in [0.25, 0.3) is 22.2 Å². The minimum absolute atomic E-state index is 0.766. The zero-order valence-electron chi connectivity index (χ0n) is 14.2. The third-order valence-corrected chi connectivity index (χ3v) is 4.68. The van der Waals surface area contributed by atoms with Gasteiger partial charge in [-0.15, -0.1) is 0 Å². The zero-order valence-corrected chi connectivity index (χ0v) is 14.2. The predicted molar refractivity (Wildman–Crippen MR) is 99.8 cm³/mol. The number of aromatic amines is 1. The molecular weight excluding hydrogens is 280 g/mol. The summed E-state index contributed by atoms with van der Waals surface area (Å²) in [6.07, 6.45) is 4.37. The molecule has 0 aliphatic heterocycles. The van der Waals surface area contributed by atoms with Gasteiger partial charge in [-0.3, -0.25) is 0 Å². The smallest absolute Gasteiger partial charge is 0.0497 e. The molecule has 120 valence electrons. The molecule has 0 saturated heterocycles. The Morgan fingerprint density at radius 3 is 2.48 bits per heavy atom. The highest BCUT2D eigenvalue weighted by molar-refractivity contribution is 5.92. The first-order valence-electron chi connectivity index (χ1n) is 8.64. The van der Waals surface area contributed by atoms with E-state index in [-0.39, 0.29) is 0 Å². The summed E-state index contributed by atoms with van der Waals surface area (Å²) in [6.45, 7) is 5.13. The maximum absolute atomic E-state index is 5.68. The van der Waals surface area contributed by atoms with Gasteiger partial charge in [0.25, 0.3) is 0 Å². The summed E-state index contributed by atoms with van der Waals surface area (Å²) in [4.78, 5) is 3.68. The van der Waals surface area contributed by atoms with Crippen molar-refractivity contribution in [3.63, 3.8) is 0 Å². The van der Waals surface area contributed by atoms with Crippen molar-refractivity contribution in [1.82, 2.24) is 4.98 Å². The van der Waals surface area contributed by atoms with Crippen molar-refractivity contribution in [2.75, 3.05) is 6.54 Å². The molecule has 0 unspecified atom stereocenters. The lowest BCUT2D eigenvalue weighted by Gasteiger charge is -2.06. The Kier molecular flexibility index (Phi) is 4.82. The lowest BCUT2D eigenvalue weighted by Crippen LogP contribution is -1.99. The monoisotopic (exact) mass is 306 g/mol. The molecule has 0 fully saturated rings. The molecule has 0 saturated carbocycles. The topological polar surface area (TPSA) is 41.8 Å². The third kappa shape index (κ3) is 3.18. The number of nitrogens with one attached hydrogen (secondary N) is 1. The number of para-hydroxylation sites is 1. The predicted octanol–water partition coefficient (Wildman–Crippen LogP) is 4.99. The quantitative estimate of drug-likeness (QED) is 0.619. The average molecular weight is 306 g/mol. The van der Waals surface area contributed by atoms with E-state index >= 15 is 0 Å². The van der Waals surface area contributed by atoms with Crippen LogP contribution in [0.3, 0.4) is 0 Å². The summed E-state index contributed by atoms with van der Waals surface area (Å²) in [5, 5.41) is 1.36. The van der Waals surface area contributed by atoms with Gasteiger partial charge in [-0.25, -0.2) is 0 Å². The first kappa shape index (κ1) is 15.8. The van der Waals surface area contributed by atoms with E-state index in [1.807, 2.05) is 0 Å². The summed E-state index contributed by atoms with van der Waals surface area (Å²) >= 11 is 0. The molecule has 0 aliphatic rings. The van der Waals surface area contributed by atoms with Gasteiger partial charge < -0.3 is 10.7 Å². The van der Waals surface area contributed by atoms with E-state index in [0.29, 0.717) is 0 Å². The SMILES string of the molecule is CCc1ccc(-c2[nH]c3c(C)cccc3c2CCCCN)cc1. The van der Waals surface area contributed by atoms with Gasteiger partial charge in [-0.1, -0.05) is 49.4 Å². The van der Waals surface area contributed by atoms with E-state index < -0.39 is 0 Å². The van der Waals surface area contributed by atoms with Crippen molar-refractivity contribution in [2.45, 2.75) is 39.5 Å². The molecule has 2 aromatic carbocycles. The Morgan fingerprint density at radius 1 is 1.00 bits per heavy atom. The van der Waals surface area contributed by atoms with Crippen LogP contribution in [0.2, 0.25) is 0 Å². The number of aromatic nitrogens is 1. The molecule has 1 aromatic heterocycles. The molecule has 2 nitrogen and oxygen atoms in total. The first-order chi connectivity index (χ1) is 11.2. The van der Waals surface area contributed by atoms with Gasteiger partial charge in [0.2, 0.25) is 0 Å². The Labute approximate surface area is 138 Å². The maximum Gasteiger partial charge on any atom is 0.0497 e. The van der Waals surface area contributed by atoms with Crippen LogP contribution in [0.1, 0.15) is 36.5 Å². The molecule has 3 aromatic rings. The fourth-order valence-electron chi connectivity index (χ4n) is 3.28. The highest BCUT2D eigenvalue weighted by Gasteiger charge is 2.14. The van der Waals surface area contributed by atoms with Crippen LogP contribution in [0.5, 0.6) is 0 Å². The van der Waals surface area contributed by atoms with E-state index in [1.54, 1.807) is 0 Å². The van der Waals surface area contributed by atoms with E-state index in [9.17, 15) is 0 Å². The highest BCUT2D eigenvalue weighted by atomic mass is 14.7. The minimum atomic E-state index is 0.766. The molecule has 3 rings (SSSR count). The summed E-state index contributed by atoms with van der Waals surface area (Å²) in [5.41, 5.74) is 13.6. The Balaban J connectivity index is 2.09. The summed E-state index contributed by atoms with van der Waals surface area (Å²) in [7, 11) is 0. The zero-order chi connectivity index (χ0) is 16.2. The molecule has 0 radical (unpaired) electrons. The largest absolute Gasteiger partial charge is 0.354 e. The molecule has 2 heteroatoms. The van der Waals surface area contributed by atoms with Gasteiger partial charge in [0.1, 0.15) is 0 Å². The molecule has 0 spiro atoms. The summed E-state index contributed by atoms with van der Waals surface area (Å²) in [6, 6.07) is 15.5. The third-order valence-electron chi connectivity index (χ3n) is 4.68. The fourth-order valence-corrected chi connectivity index (χ4v) is 3.28. The number of hydrogen-bond donors (Lipinski definition) is 2. The molecule has 3 N–H and O–H groups in total. The van der Waals surface area contributed by atoms with E-state index in [4.69, 9.17) is 5.73 Å². The molecule has 0 aliphatic carbocycles. The Morgan fingerprint density at radius 2 is 1.78 bits per heavy atom. The minimum Gasteiger partial charge on any atom is -0.354 e. The second-order valence-electron chi connectivity index (χ2n) is 6.27. The van der Waals surface area contributed by atoms with Crippen molar-refractivity contribution >= 4 is 10.9 Å². The van der Waals surface area contributed by atoms with Crippen LogP contribution in [0, 0.1) is 6.92 Å². The number of aryl methyl sites for hydroxylation is 3. The van der Waals surface area contributed by atoms with Crippen molar-refractivity contribution in [3.8, 4) is 11.3 Å². The first-order valence-corrected chi connectivity index (χ1v) is 8.64. The van der Waals surface area contributed by atoms with Crippen LogP contribution in [0.15, 0.2) is 42.5 Å². The van der Waals surface area contributed by atoms with Crippen LogP contribution in [0.4, 0.5) is 0 Å². The lowest BCUT2D eigenvalue weighted by atomic mass is 9.99. The number of rotatable bonds is 6. The van der Waals surface area contributed by atoms with Crippen molar-refractivity contribution in [3.05, 3.63) is 59.2 Å². The van der Waals surface area contributed by atoms with E-state index in [0.717, 1.165) is 32.2 Å². The number of benzene rings is 2. The van der Waals surface area contributed by atoms with E-state index in [2.05, 4.69) is 61.3 Å². The number of nitrogens with two attached hydrogens (primary N) is 1. The van der Waals surface area contributed by atoms with Gasteiger partial charge in [0.15, 0.2) is 0 Å². The number of hydrogen-bond acceptors (Lipinski definition) is 1. The second kappa shape index (κ2) is 7.01.